The fourth-order valence-corrected chi connectivity index (χ4v) is 4.88. The summed E-state index contributed by atoms with van der Waals surface area (Å²) >= 11 is 1.63. The Morgan fingerprint density at radius 3 is 2.31 bits per heavy atom. The van der Waals surface area contributed by atoms with Gasteiger partial charge in [0.15, 0.2) is 11.0 Å². The van der Waals surface area contributed by atoms with E-state index < -0.39 is 0 Å². The van der Waals surface area contributed by atoms with E-state index in [0.717, 1.165) is 16.6 Å². The normalized spacial score (nSPS) is 11.7. The average molecular weight is 482 g/mol. The van der Waals surface area contributed by atoms with Gasteiger partial charge >= 0.3 is 0 Å². The zero-order chi connectivity index (χ0) is 24.4. The Balaban J connectivity index is 1.46. The van der Waals surface area contributed by atoms with Crippen LogP contribution < -0.4 is 5.56 Å². The van der Waals surface area contributed by atoms with Crippen molar-refractivity contribution in [2.24, 2.45) is 0 Å². The molecule has 6 nitrogen and oxygen atoms in total. The summed E-state index contributed by atoms with van der Waals surface area (Å²) in [6.07, 6.45) is 1.58. The van der Waals surface area contributed by atoms with Crippen LogP contribution in [0.2, 0.25) is 0 Å². The molecule has 5 rings (SSSR count). The minimum absolute atomic E-state index is 0.0913. The summed E-state index contributed by atoms with van der Waals surface area (Å²) in [6, 6.07) is 26.1. The summed E-state index contributed by atoms with van der Waals surface area (Å²) in [5.74, 6) is 1.45. The van der Waals surface area contributed by atoms with Gasteiger partial charge in [0.2, 0.25) is 0 Å². The number of hydrogen-bond acceptors (Lipinski definition) is 5. The van der Waals surface area contributed by atoms with Crippen molar-refractivity contribution >= 4 is 22.7 Å². The van der Waals surface area contributed by atoms with Crippen molar-refractivity contribution in [1.29, 1.82) is 0 Å². The van der Waals surface area contributed by atoms with E-state index in [9.17, 15) is 4.79 Å². The summed E-state index contributed by atoms with van der Waals surface area (Å²) in [4.78, 5) is 17.5. The molecule has 5 aromatic rings. The summed E-state index contributed by atoms with van der Waals surface area (Å²) in [5, 5.41) is 10.3. The largest absolute Gasteiger partial charge is 0.291 e. The molecule has 0 amide bonds. The van der Waals surface area contributed by atoms with Crippen LogP contribution in [-0.2, 0) is 17.7 Å². The Morgan fingerprint density at radius 2 is 1.57 bits per heavy atom. The second-order valence-electron chi connectivity index (χ2n) is 9.50. The fourth-order valence-electron chi connectivity index (χ4n) is 3.95. The van der Waals surface area contributed by atoms with Crippen LogP contribution in [0.15, 0.2) is 95.1 Å². The first-order valence-corrected chi connectivity index (χ1v) is 12.5. The molecule has 0 saturated heterocycles. The number of rotatable bonds is 6. The van der Waals surface area contributed by atoms with Gasteiger partial charge in [-0.3, -0.25) is 13.9 Å². The fraction of sp³-hybridized carbons (Fsp3) is 0.214. The quantitative estimate of drug-likeness (QED) is 0.295. The van der Waals surface area contributed by atoms with Crippen LogP contribution in [0.4, 0.5) is 0 Å². The lowest BCUT2D eigenvalue weighted by Crippen LogP contribution is -2.22. The van der Waals surface area contributed by atoms with Gasteiger partial charge in [-0.15, -0.1) is 10.2 Å². The molecular formula is C28H27N5OS. The number of benzene rings is 3. The molecular weight excluding hydrogens is 454 g/mol. The summed E-state index contributed by atoms with van der Waals surface area (Å²) < 4.78 is 3.61. The first-order valence-electron chi connectivity index (χ1n) is 11.6. The van der Waals surface area contributed by atoms with Crippen molar-refractivity contribution in [1.82, 2.24) is 24.3 Å². The third-order valence-electron chi connectivity index (χ3n) is 5.95. The van der Waals surface area contributed by atoms with Crippen LogP contribution in [0.1, 0.15) is 37.7 Å². The number of aromatic nitrogens is 5. The smallest absolute Gasteiger partial charge is 0.261 e. The maximum Gasteiger partial charge on any atom is 0.261 e. The van der Waals surface area contributed by atoms with Crippen LogP contribution in [0.25, 0.3) is 16.6 Å². The monoisotopic (exact) mass is 481 g/mol. The molecule has 0 radical (unpaired) electrons. The molecule has 35 heavy (non-hydrogen) atoms. The van der Waals surface area contributed by atoms with Gasteiger partial charge in [0.05, 0.1) is 23.8 Å². The number of fused-ring (bicyclic) bond motifs is 1. The predicted octanol–water partition coefficient (Wildman–Crippen LogP) is 5.62. The van der Waals surface area contributed by atoms with Crippen LogP contribution in [-0.4, -0.2) is 24.3 Å². The van der Waals surface area contributed by atoms with Gasteiger partial charge in [0.25, 0.3) is 5.56 Å². The molecule has 0 N–H and O–H groups in total. The Hall–Kier alpha value is -3.71. The lowest BCUT2D eigenvalue weighted by Gasteiger charge is -2.19. The highest BCUT2D eigenvalue weighted by Gasteiger charge is 2.17. The van der Waals surface area contributed by atoms with E-state index in [1.807, 2.05) is 53.1 Å². The number of hydrogen-bond donors (Lipinski definition) is 0. The van der Waals surface area contributed by atoms with Crippen molar-refractivity contribution in [2.45, 2.75) is 43.6 Å². The zero-order valence-electron chi connectivity index (χ0n) is 20.0. The molecule has 0 fully saturated rings. The lowest BCUT2D eigenvalue weighted by molar-refractivity contribution is 0.590. The summed E-state index contributed by atoms with van der Waals surface area (Å²) in [6.45, 7) is 6.93. The molecule has 0 saturated carbocycles. The molecule has 0 aliphatic heterocycles. The van der Waals surface area contributed by atoms with Gasteiger partial charge in [-0.2, -0.15) is 0 Å². The maximum atomic E-state index is 13.1. The minimum Gasteiger partial charge on any atom is -0.291 e. The molecule has 0 bridgehead atoms. The molecule has 2 aromatic heterocycles. The van der Waals surface area contributed by atoms with E-state index in [1.54, 1.807) is 28.7 Å². The standard InChI is InChI=1S/C28H27N5OS/c1-28(2,3)21-15-13-20(14-16-21)18-35-27-31-30-25(33(27)22-9-5-4-6-10-22)17-32-19-29-24-12-8-7-11-23(24)26(32)34/h4-16,19H,17-18H2,1-3H3. The van der Waals surface area contributed by atoms with E-state index in [2.05, 4.69) is 60.2 Å². The molecule has 176 valence electrons. The first-order chi connectivity index (χ1) is 16.9. The number of thioether (sulfide) groups is 1. The van der Waals surface area contributed by atoms with Gasteiger partial charge in [-0.25, -0.2) is 4.98 Å². The highest BCUT2D eigenvalue weighted by Crippen LogP contribution is 2.27. The molecule has 0 atom stereocenters. The van der Waals surface area contributed by atoms with E-state index >= 15 is 0 Å². The number of nitrogens with zero attached hydrogens (tertiary/aromatic N) is 5. The van der Waals surface area contributed by atoms with Crippen LogP contribution >= 0.6 is 11.8 Å². The Labute approximate surface area is 208 Å². The molecule has 0 unspecified atom stereocenters. The average Bonchev–Trinajstić information content (AvgIpc) is 3.27. The van der Waals surface area contributed by atoms with Crippen molar-refractivity contribution < 1.29 is 0 Å². The molecule has 2 heterocycles. The van der Waals surface area contributed by atoms with E-state index in [-0.39, 0.29) is 17.5 Å². The SMILES string of the molecule is CC(C)(C)c1ccc(CSc2nnc(Cn3cnc4ccccc4c3=O)n2-c2ccccc2)cc1. The molecule has 0 aliphatic carbocycles. The molecule has 7 heteroatoms. The van der Waals surface area contributed by atoms with Crippen molar-refractivity contribution in [2.75, 3.05) is 0 Å². The van der Waals surface area contributed by atoms with E-state index in [1.165, 1.54) is 11.1 Å². The number of para-hydroxylation sites is 2. The zero-order valence-corrected chi connectivity index (χ0v) is 20.9. The molecule has 0 spiro atoms. The van der Waals surface area contributed by atoms with Crippen LogP contribution in [0.5, 0.6) is 0 Å². The van der Waals surface area contributed by atoms with Crippen molar-refractivity contribution in [3.05, 3.63) is 112 Å². The van der Waals surface area contributed by atoms with Gasteiger partial charge in [-0.1, -0.05) is 87.1 Å². The van der Waals surface area contributed by atoms with Crippen molar-refractivity contribution in [3.8, 4) is 5.69 Å². The Morgan fingerprint density at radius 1 is 0.857 bits per heavy atom. The second kappa shape index (κ2) is 9.50. The molecule has 0 aliphatic rings. The molecule has 3 aromatic carbocycles. The topological polar surface area (TPSA) is 65.6 Å². The van der Waals surface area contributed by atoms with Gasteiger partial charge < -0.3 is 0 Å². The van der Waals surface area contributed by atoms with Gasteiger partial charge in [0.1, 0.15) is 0 Å². The van der Waals surface area contributed by atoms with Gasteiger partial charge in [0, 0.05) is 11.4 Å². The summed E-state index contributed by atoms with van der Waals surface area (Å²) in [7, 11) is 0. The predicted molar refractivity (Wildman–Crippen MR) is 141 cm³/mol. The van der Waals surface area contributed by atoms with Gasteiger partial charge in [-0.05, 0) is 40.8 Å². The summed E-state index contributed by atoms with van der Waals surface area (Å²) in [5.41, 5.74) is 4.22. The van der Waals surface area contributed by atoms with Crippen LogP contribution in [0, 0.1) is 0 Å². The van der Waals surface area contributed by atoms with E-state index in [4.69, 9.17) is 0 Å². The second-order valence-corrected chi connectivity index (χ2v) is 10.4. The highest BCUT2D eigenvalue weighted by atomic mass is 32.2. The minimum atomic E-state index is -0.0913. The third kappa shape index (κ3) is 4.91. The van der Waals surface area contributed by atoms with Crippen LogP contribution in [0.3, 0.4) is 0 Å². The highest BCUT2D eigenvalue weighted by molar-refractivity contribution is 7.98. The maximum absolute atomic E-state index is 13.1. The van der Waals surface area contributed by atoms with Crippen molar-refractivity contribution in [3.63, 3.8) is 0 Å². The first kappa shape index (κ1) is 23.1. The third-order valence-corrected chi connectivity index (χ3v) is 6.95. The lowest BCUT2D eigenvalue weighted by atomic mass is 9.87. The Bertz CT molecular complexity index is 1520. The van der Waals surface area contributed by atoms with E-state index in [0.29, 0.717) is 16.7 Å². The Kier molecular flexibility index (Phi) is 6.26.